The minimum absolute atomic E-state index is 0.0311. The van der Waals surface area contributed by atoms with Crippen LogP contribution in [0.5, 0.6) is 0 Å². The van der Waals surface area contributed by atoms with Crippen molar-refractivity contribution in [3.63, 3.8) is 0 Å². The lowest BCUT2D eigenvalue weighted by molar-refractivity contribution is -0.149. The summed E-state index contributed by atoms with van der Waals surface area (Å²) in [4.78, 5) is 11.7. The predicted octanol–water partition coefficient (Wildman–Crippen LogP) is 4.04. The number of rotatable bonds is 5. The van der Waals surface area contributed by atoms with Gasteiger partial charge in [0.15, 0.2) is 0 Å². The van der Waals surface area contributed by atoms with Gasteiger partial charge in [-0.25, -0.2) is 0 Å². The summed E-state index contributed by atoms with van der Waals surface area (Å²) in [6, 6.07) is 0. The largest absolute Gasteiger partial charge is 0.466 e. The van der Waals surface area contributed by atoms with Crippen molar-refractivity contribution < 1.29 is 9.53 Å². The summed E-state index contributed by atoms with van der Waals surface area (Å²) in [7, 11) is 0. The van der Waals surface area contributed by atoms with E-state index in [1.165, 1.54) is 19.3 Å². The van der Waals surface area contributed by atoms with Crippen molar-refractivity contribution in [3.05, 3.63) is 0 Å². The van der Waals surface area contributed by atoms with Gasteiger partial charge in [-0.3, -0.25) is 4.79 Å². The molecule has 17 heavy (non-hydrogen) atoms. The van der Waals surface area contributed by atoms with E-state index in [1.54, 1.807) is 0 Å². The zero-order valence-electron chi connectivity index (χ0n) is 11.9. The molecule has 0 aliphatic heterocycles. The fourth-order valence-corrected chi connectivity index (χ4v) is 3.39. The molecule has 0 spiro atoms. The molecule has 0 aromatic rings. The summed E-state index contributed by atoms with van der Waals surface area (Å²) in [5, 5.41) is 0. The summed E-state index contributed by atoms with van der Waals surface area (Å²) < 4.78 is 5.11. The fraction of sp³-hybridized carbons (Fsp3) is 0.933. The highest BCUT2D eigenvalue weighted by atomic mass is 16.5. The summed E-state index contributed by atoms with van der Waals surface area (Å²) in [5.41, 5.74) is 0. The number of carbonyl (C=O) groups excluding carboxylic acids is 1. The molecule has 2 nitrogen and oxygen atoms in total. The van der Waals surface area contributed by atoms with Crippen LogP contribution >= 0.6 is 0 Å². The molecule has 2 heteroatoms. The molecule has 1 saturated carbocycles. The standard InChI is InChI=1S/C15H28O2/c1-5-14(11(3)4)12-7-9-13(10-8-12)15(16)17-6-2/h11-14H,5-10H2,1-4H3. The molecule has 0 amide bonds. The Morgan fingerprint density at radius 3 is 2.18 bits per heavy atom. The second kappa shape index (κ2) is 7.03. The summed E-state index contributed by atoms with van der Waals surface area (Å²) >= 11 is 0. The van der Waals surface area contributed by atoms with E-state index < -0.39 is 0 Å². The highest BCUT2D eigenvalue weighted by Crippen LogP contribution is 2.38. The summed E-state index contributed by atoms with van der Waals surface area (Å²) in [6.07, 6.45) is 5.76. The average molecular weight is 240 g/mol. The van der Waals surface area contributed by atoms with Crippen LogP contribution in [0.2, 0.25) is 0 Å². The summed E-state index contributed by atoms with van der Waals surface area (Å²) in [5.74, 6) is 2.63. The zero-order valence-corrected chi connectivity index (χ0v) is 11.9. The van der Waals surface area contributed by atoms with Gasteiger partial charge in [-0.1, -0.05) is 27.2 Å². The monoisotopic (exact) mass is 240 g/mol. The van der Waals surface area contributed by atoms with E-state index in [4.69, 9.17) is 4.74 Å². The first-order valence-electron chi connectivity index (χ1n) is 7.26. The number of hydrogen-bond donors (Lipinski definition) is 0. The molecule has 0 aromatic carbocycles. The van der Waals surface area contributed by atoms with E-state index in [9.17, 15) is 4.79 Å². The Balaban J connectivity index is 2.42. The van der Waals surface area contributed by atoms with Gasteiger partial charge in [0.2, 0.25) is 0 Å². The quantitative estimate of drug-likeness (QED) is 0.678. The first-order valence-corrected chi connectivity index (χ1v) is 7.26. The third kappa shape index (κ3) is 4.01. The SMILES string of the molecule is CCOC(=O)C1CCC(C(CC)C(C)C)CC1. The van der Waals surface area contributed by atoms with Gasteiger partial charge in [0.05, 0.1) is 12.5 Å². The normalized spacial score (nSPS) is 26.9. The lowest BCUT2D eigenvalue weighted by Crippen LogP contribution is -2.28. The third-order valence-corrected chi connectivity index (χ3v) is 4.32. The van der Waals surface area contributed by atoms with E-state index in [2.05, 4.69) is 20.8 Å². The highest BCUT2D eigenvalue weighted by Gasteiger charge is 2.31. The molecule has 1 aliphatic rings. The van der Waals surface area contributed by atoms with Gasteiger partial charge in [-0.15, -0.1) is 0 Å². The molecular formula is C15H28O2. The van der Waals surface area contributed by atoms with E-state index >= 15 is 0 Å². The Labute approximate surface area is 106 Å². The van der Waals surface area contributed by atoms with Gasteiger partial charge in [-0.2, -0.15) is 0 Å². The third-order valence-electron chi connectivity index (χ3n) is 4.32. The average Bonchev–Trinajstić information content (AvgIpc) is 2.30. The number of hydrogen-bond acceptors (Lipinski definition) is 2. The Kier molecular flexibility index (Phi) is 6.01. The van der Waals surface area contributed by atoms with Gasteiger partial charge in [0, 0.05) is 0 Å². The molecule has 0 aromatic heterocycles. The van der Waals surface area contributed by atoms with Crippen molar-refractivity contribution in [2.45, 2.75) is 59.8 Å². The van der Waals surface area contributed by atoms with E-state index in [-0.39, 0.29) is 11.9 Å². The predicted molar refractivity (Wildman–Crippen MR) is 70.7 cm³/mol. The van der Waals surface area contributed by atoms with Crippen molar-refractivity contribution in [3.8, 4) is 0 Å². The van der Waals surface area contributed by atoms with Crippen LogP contribution in [0.15, 0.2) is 0 Å². The molecule has 1 aliphatic carbocycles. The van der Waals surface area contributed by atoms with Gasteiger partial charge >= 0.3 is 5.97 Å². The minimum atomic E-state index is 0.0311. The summed E-state index contributed by atoms with van der Waals surface area (Å²) in [6.45, 7) is 9.34. The first kappa shape index (κ1) is 14.5. The Hall–Kier alpha value is -0.530. The maximum atomic E-state index is 11.7. The van der Waals surface area contributed by atoms with Crippen LogP contribution in [0, 0.1) is 23.7 Å². The van der Waals surface area contributed by atoms with Crippen molar-refractivity contribution in [2.24, 2.45) is 23.7 Å². The fourth-order valence-electron chi connectivity index (χ4n) is 3.39. The van der Waals surface area contributed by atoms with Gasteiger partial charge in [-0.05, 0) is 50.4 Å². The second-order valence-corrected chi connectivity index (χ2v) is 5.68. The second-order valence-electron chi connectivity index (χ2n) is 5.68. The van der Waals surface area contributed by atoms with Crippen LogP contribution in [0.3, 0.4) is 0 Å². The maximum Gasteiger partial charge on any atom is 0.308 e. The molecule has 0 radical (unpaired) electrons. The molecule has 100 valence electrons. The van der Waals surface area contributed by atoms with Crippen molar-refractivity contribution in [1.82, 2.24) is 0 Å². The maximum absolute atomic E-state index is 11.7. The molecule has 1 fully saturated rings. The van der Waals surface area contributed by atoms with Crippen LogP contribution in [0.4, 0.5) is 0 Å². The van der Waals surface area contributed by atoms with Crippen LogP contribution in [0.25, 0.3) is 0 Å². The van der Waals surface area contributed by atoms with Crippen molar-refractivity contribution in [2.75, 3.05) is 6.61 Å². The van der Waals surface area contributed by atoms with Crippen molar-refractivity contribution >= 4 is 5.97 Å². The molecule has 0 bridgehead atoms. The number of esters is 1. The molecule has 0 saturated heterocycles. The molecule has 1 rings (SSSR count). The van der Waals surface area contributed by atoms with Crippen LogP contribution < -0.4 is 0 Å². The molecule has 0 N–H and O–H groups in total. The topological polar surface area (TPSA) is 26.3 Å². The zero-order chi connectivity index (χ0) is 12.8. The van der Waals surface area contributed by atoms with E-state index in [0.29, 0.717) is 6.61 Å². The van der Waals surface area contributed by atoms with E-state index in [1.807, 2.05) is 6.92 Å². The van der Waals surface area contributed by atoms with Gasteiger partial charge < -0.3 is 4.74 Å². The molecule has 1 unspecified atom stereocenters. The first-order chi connectivity index (χ1) is 8.10. The highest BCUT2D eigenvalue weighted by molar-refractivity contribution is 5.72. The number of ether oxygens (including phenoxy) is 1. The number of carbonyl (C=O) groups is 1. The molecule has 1 atom stereocenters. The Bertz CT molecular complexity index is 227. The smallest absolute Gasteiger partial charge is 0.308 e. The lowest BCUT2D eigenvalue weighted by Gasteiger charge is -2.34. The molecule has 0 heterocycles. The Morgan fingerprint density at radius 2 is 1.76 bits per heavy atom. The van der Waals surface area contributed by atoms with Crippen LogP contribution in [-0.2, 0) is 9.53 Å². The van der Waals surface area contributed by atoms with Crippen LogP contribution in [0.1, 0.15) is 59.8 Å². The lowest BCUT2D eigenvalue weighted by atomic mass is 9.71. The van der Waals surface area contributed by atoms with Crippen molar-refractivity contribution in [1.29, 1.82) is 0 Å². The van der Waals surface area contributed by atoms with E-state index in [0.717, 1.165) is 30.6 Å². The Morgan fingerprint density at radius 1 is 1.18 bits per heavy atom. The van der Waals surface area contributed by atoms with Gasteiger partial charge in [0.1, 0.15) is 0 Å². The van der Waals surface area contributed by atoms with Crippen LogP contribution in [-0.4, -0.2) is 12.6 Å². The minimum Gasteiger partial charge on any atom is -0.466 e. The van der Waals surface area contributed by atoms with Gasteiger partial charge in [0.25, 0.3) is 0 Å². The molecular weight excluding hydrogens is 212 g/mol.